The minimum absolute atomic E-state index is 0.123. The van der Waals surface area contributed by atoms with E-state index in [4.69, 9.17) is 21.1 Å². The number of nitrogens with zero attached hydrogens (tertiary/aromatic N) is 1. The molecule has 0 fully saturated rings. The Hall–Kier alpha value is -3.25. The van der Waals surface area contributed by atoms with Crippen molar-refractivity contribution >= 4 is 34.5 Å². The van der Waals surface area contributed by atoms with Crippen LogP contribution in [0.15, 0.2) is 53.6 Å². The van der Waals surface area contributed by atoms with Crippen LogP contribution in [0.2, 0.25) is 5.02 Å². The zero-order valence-corrected chi connectivity index (χ0v) is 15.4. The average molecular weight is 385 g/mol. The van der Waals surface area contributed by atoms with E-state index in [1.165, 1.54) is 26.5 Å². The Morgan fingerprint density at radius 1 is 1.07 bits per heavy atom. The number of benzene rings is 3. The van der Waals surface area contributed by atoms with Gasteiger partial charge in [0.1, 0.15) is 5.75 Å². The van der Waals surface area contributed by atoms with E-state index in [-0.39, 0.29) is 16.5 Å². The van der Waals surface area contributed by atoms with E-state index >= 15 is 0 Å². The number of phenols is 1. The third-order valence-corrected chi connectivity index (χ3v) is 4.25. The van der Waals surface area contributed by atoms with E-state index < -0.39 is 5.91 Å². The molecule has 1 amide bonds. The van der Waals surface area contributed by atoms with Gasteiger partial charge in [-0.05, 0) is 40.6 Å². The van der Waals surface area contributed by atoms with E-state index in [1.807, 2.05) is 24.3 Å². The normalized spacial score (nSPS) is 10.9. The molecule has 0 saturated heterocycles. The van der Waals surface area contributed by atoms with Crippen LogP contribution in [-0.4, -0.2) is 31.4 Å². The maximum atomic E-state index is 12.5. The van der Waals surface area contributed by atoms with E-state index in [9.17, 15) is 9.90 Å². The highest BCUT2D eigenvalue weighted by Gasteiger charge is 2.13. The van der Waals surface area contributed by atoms with E-state index in [0.717, 1.165) is 10.8 Å². The van der Waals surface area contributed by atoms with Crippen LogP contribution in [0, 0.1) is 0 Å². The Balaban J connectivity index is 1.83. The molecule has 0 heterocycles. The molecule has 7 heteroatoms. The summed E-state index contributed by atoms with van der Waals surface area (Å²) >= 11 is 5.93. The summed E-state index contributed by atoms with van der Waals surface area (Å²) in [5.74, 6) is 0.106. The maximum Gasteiger partial charge on any atom is 0.275 e. The number of amides is 1. The number of hydrazone groups is 1. The summed E-state index contributed by atoms with van der Waals surface area (Å²) in [5.41, 5.74) is 3.39. The molecule has 0 unspecified atom stereocenters. The van der Waals surface area contributed by atoms with Crippen molar-refractivity contribution < 1.29 is 19.4 Å². The predicted molar refractivity (Wildman–Crippen MR) is 105 cm³/mol. The minimum atomic E-state index is -0.411. The summed E-state index contributed by atoms with van der Waals surface area (Å²) in [4.78, 5) is 12.5. The Bertz CT molecular complexity index is 1030. The van der Waals surface area contributed by atoms with Crippen LogP contribution >= 0.6 is 11.6 Å². The first-order valence-corrected chi connectivity index (χ1v) is 8.38. The molecule has 6 nitrogen and oxygen atoms in total. The number of nitrogens with one attached hydrogen (secondary N) is 1. The molecule has 138 valence electrons. The molecule has 0 aliphatic rings. The second-order valence-electron chi connectivity index (χ2n) is 5.65. The first-order valence-electron chi connectivity index (χ1n) is 8.00. The monoisotopic (exact) mass is 384 g/mol. The molecule has 0 saturated carbocycles. The Kier molecular flexibility index (Phi) is 5.47. The van der Waals surface area contributed by atoms with Gasteiger partial charge in [-0.25, -0.2) is 5.43 Å². The summed E-state index contributed by atoms with van der Waals surface area (Å²) < 4.78 is 10.4. The third-order valence-electron chi connectivity index (χ3n) is 3.96. The topological polar surface area (TPSA) is 80.2 Å². The highest BCUT2D eigenvalue weighted by atomic mass is 35.5. The van der Waals surface area contributed by atoms with E-state index in [2.05, 4.69) is 10.5 Å². The SMILES string of the molecule is COc1cc2ccccc2cc1C(=O)N/N=C/c1cc(Cl)c(O)c(OC)c1. The summed E-state index contributed by atoms with van der Waals surface area (Å²) in [7, 11) is 2.93. The molecule has 0 atom stereocenters. The van der Waals surface area contributed by atoms with Gasteiger partial charge in [0, 0.05) is 0 Å². The number of phenolic OH excluding ortho intramolecular Hbond substituents is 1. The molecule has 0 aliphatic carbocycles. The standard InChI is InChI=1S/C20H17ClN2O4/c1-26-17-10-14-6-4-3-5-13(14)9-15(17)20(25)23-22-11-12-7-16(21)19(24)18(8-12)27-2/h3-11,24H,1-2H3,(H,23,25)/b22-11+. The van der Waals surface area contributed by atoms with E-state index in [1.54, 1.807) is 18.2 Å². The first kappa shape index (κ1) is 18.5. The number of ether oxygens (including phenoxy) is 2. The Morgan fingerprint density at radius 3 is 2.41 bits per heavy atom. The lowest BCUT2D eigenvalue weighted by Gasteiger charge is -2.09. The van der Waals surface area contributed by atoms with Crippen LogP contribution in [0.4, 0.5) is 0 Å². The number of hydrogen-bond acceptors (Lipinski definition) is 5. The average Bonchev–Trinajstić information content (AvgIpc) is 2.69. The largest absolute Gasteiger partial charge is 0.503 e. The number of rotatable bonds is 5. The fraction of sp³-hybridized carbons (Fsp3) is 0.100. The van der Waals surface area contributed by atoms with Gasteiger partial charge in [0.25, 0.3) is 5.91 Å². The first-order chi connectivity index (χ1) is 13.0. The number of aromatic hydroxyl groups is 1. The highest BCUT2D eigenvalue weighted by molar-refractivity contribution is 6.32. The smallest absolute Gasteiger partial charge is 0.275 e. The van der Waals surface area contributed by atoms with Crippen LogP contribution in [0.1, 0.15) is 15.9 Å². The molecule has 2 N–H and O–H groups in total. The van der Waals surface area contributed by atoms with Gasteiger partial charge in [-0.15, -0.1) is 0 Å². The van der Waals surface area contributed by atoms with Crippen molar-refractivity contribution in [1.29, 1.82) is 0 Å². The molecule has 3 aromatic carbocycles. The number of methoxy groups -OCH3 is 2. The lowest BCUT2D eigenvalue weighted by molar-refractivity contribution is 0.0952. The molecular formula is C20H17ClN2O4. The van der Waals surface area contributed by atoms with Crippen molar-refractivity contribution in [2.45, 2.75) is 0 Å². The molecule has 0 radical (unpaired) electrons. The Morgan fingerprint density at radius 2 is 1.74 bits per heavy atom. The quantitative estimate of drug-likeness (QED) is 0.515. The number of hydrogen-bond donors (Lipinski definition) is 2. The van der Waals surface area contributed by atoms with Gasteiger partial charge in [-0.2, -0.15) is 5.10 Å². The summed E-state index contributed by atoms with van der Waals surface area (Å²) in [6.07, 6.45) is 1.40. The summed E-state index contributed by atoms with van der Waals surface area (Å²) in [6.45, 7) is 0. The number of halogens is 1. The van der Waals surface area contributed by atoms with Crippen molar-refractivity contribution in [3.63, 3.8) is 0 Å². The molecule has 27 heavy (non-hydrogen) atoms. The van der Waals surface area contributed by atoms with Gasteiger partial charge >= 0.3 is 0 Å². The summed E-state index contributed by atoms with van der Waals surface area (Å²) in [6, 6.07) is 14.3. The van der Waals surface area contributed by atoms with Gasteiger partial charge in [0.15, 0.2) is 11.5 Å². The molecular weight excluding hydrogens is 368 g/mol. The zero-order valence-electron chi connectivity index (χ0n) is 14.7. The van der Waals surface area contributed by atoms with Gasteiger partial charge < -0.3 is 14.6 Å². The minimum Gasteiger partial charge on any atom is -0.503 e. The van der Waals surface area contributed by atoms with Gasteiger partial charge in [0.2, 0.25) is 0 Å². The Labute approximate surface area is 161 Å². The fourth-order valence-electron chi connectivity index (χ4n) is 2.62. The predicted octanol–water partition coefficient (Wildman–Crippen LogP) is 3.98. The lowest BCUT2D eigenvalue weighted by atomic mass is 10.1. The van der Waals surface area contributed by atoms with Crippen molar-refractivity contribution in [1.82, 2.24) is 5.43 Å². The van der Waals surface area contributed by atoms with Gasteiger partial charge in [-0.3, -0.25) is 4.79 Å². The molecule has 0 spiro atoms. The van der Waals surface area contributed by atoms with Gasteiger partial charge in [-0.1, -0.05) is 35.9 Å². The van der Waals surface area contributed by atoms with Crippen molar-refractivity contribution in [2.75, 3.05) is 14.2 Å². The van der Waals surface area contributed by atoms with Gasteiger partial charge in [0.05, 0.1) is 31.0 Å². The zero-order chi connectivity index (χ0) is 19.4. The number of carbonyl (C=O) groups is 1. The molecule has 3 rings (SSSR count). The van der Waals surface area contributed by atoms with Crippen LogP contribution in [0.5, 0.6) is 17.2 Å². The second-order valence-corrected chi connectivity index (χ2v) is 6.06. The third kappa shape index (κ3) is 3.96. The van der Waals surface area contributed by atoms with Crippen molar-refractivity contribution in [3.05, 3.63) is 64.7 Å². The molecule has 0 aromatic heterocycles. The highest BCUT2D eigenvalue weighted by Crippen LogP contribution is 2.34. The molecule has 0 bridgehead atoms. The summed E-state index contributed by atoms with van der Waals surface area (Å²) in [5, 5.41) is 15.7. The molecule has 0 aliphatic heterocycles. The van der Waals surface area contributed by atoms with Crippen molar-refractivity contribution in [2.24, 2.45) is 5.10 Å². The van der Waals surface area contributed by atoms with Crippen LogP contribution in [-0.2, 0) is 0 Å². The maximum absolute atomic E-state index is 12.5. The number of carbonyl (C=O) groups excluding carboxylic acids is 1. The molecule has 3 aromatic rings. The van der Waals surface area contributed by atoms with E-state index in [0.29, 0.717) is 16.9 Å². The van der Waals surface area contributed by atoms with Crippen LogP contribution in [0.25, 0.3) is 10.8 Å². The fourth-order valence-corrected chi connectivity index (χ4v) is 2.83. The van der Waals surface area contributed by atoms with Crippen LogP contribution < -0.4 is 14.9 Å². The van der Waals surface area contributed by atoms with Crippen LogP contribution in [0.3, 0.4) is 0 Å². The number of fused-ring (bicyclic) bond motifs is 1. The second kappa shape index (κ2) is 7.97. The lowest BCUT2D eigenvalue weighted by Crippen LogP contribution is -2.18. The van der Waals surface area contributed by atoms with Crippen molar-refractivity contribution in [3.8, 4) is 17.2 Å².